The van der Waals surface area contributed by atoms with Crippen molar-refractivity contribution in [2.24, 2.45) is 11.1 Å². The molecule has 0 aliphatic carbocycles. The Morgan fingerprint density at radius 2 is 2.13 bits per heavy atom. The third-order valence-electron chi connectivity index (χ3n) is 3.73. The van der Waals surface area contributed by atoms with Crippen LogP contribution in [0.5, 0.6) is 0 Å². The molecule has 1 aliphatic heterocycles. The summed E-state index contributed by atoms with van der Waals surface area (Å²) in [6, 6.07) is 5.41. The maximum Gasteiger partial charge on any atom is 0.222 e. The molecule has 1 heterocycles. The lowest BCUT2D eigenvalue weighted by molar-refractivity contribution is -0.133. The van der Waals surface area contributed by atoms with Crippen LogP contribution in [0.2, 0.25) is 10.0 Å². The molecule has 0 spiro atoms. The standard InChI is InChI=1S/C17H22Cl2N2O2/c1-4-21(17(22)7-11(2)3)10-13-9-16(20-23-13)12-5-6-14(18)15(19)8-12/h5-6,8,11,13H,4,7,9-10H2,1-3H3/t13-/m1/s1. The highest BCUT2D eigenvalue weighted by molar-refractivity contribution is 6.42. The summed E-state index contributed by atoms with van der Waals surface area (Å²) in [7, 11) is 0. The largest absolute Gasteiger partial charge is 0.390 e. The Balaban J connectivity index is 1.95. The van der Waals surface area contributed by atoms with E-state index in [0.29, 0.717) is 41.9 Å². The number of amides is 1. The first-order valence-electron chi connectivity index (χ1n) is 7.86. The van der Waals surface area contributed by atoms with Crippen molar-refractivity contribution in [3.63, 3.8) is 0 Å². The molecule has 4 nitrogen and oxygen atoms in total. The Morgan fingerprint density at radius 3 is 2.74 bits per heavy atom. The minimum Gasteiger partial charge on any atom is -0.390 e. The Bertz CT molecular complexity index is 602. The molecule has 1 aromatic carbocycles. The van der Waals surface area contributed by atoms with Gasteiger partial charge in [-0.3, -0.25) is 4.79 Å². The molecule has 0 bridgehead atoms. The van der Waals surface area contributed by atoms with Crippen molar-refractivity contribution in [2.45, 2.75) is 39.7 Å². The van der Waals surface area contributed by atoms with Gasteiger partial charge >= 0.3 is 0 Å². The van der Waals surface area contributed by atoms with E-state index in [1.807, 2.05) is 31.7 Å². The number of halogens is 2. The predicted molar refractivity (Wildman–Crippen MR) is 94.2 cm³/mol. The van der Waals surface area contributed by atoms with Crippen molar-refractivity contribution in [2.75, 3.05) is 13.1 Å². The van der Waals surface area contributed by atoms with Crippen molar-refractivity contribution in [3.05, 3.63) is 33.8 Å². The number of rotatable bonds is 6. The number of hydrogen-bond donors (Lipinski definition) is 0. The van der Waals surface area contributed by atoms with Gasteiger partial charge in [-0.15, -0.1) is 0 Å². The quantitative estimate of drug-likeness (QED) is 0.758. The Morgan fingerprint density at radius 1 is 1.39 bits per heavy atom. The molecule has 0 saturated carbocycles. The molecular formula is C17H22Cl2N2O2. The minimum atomic E-state index is -0.115. The second-order valence-electron chi connectivity index (χ2n) is 6.13. The highest BCUT2D eigenvalue weighted by Gasteiger charge is 2.26. The molecule has 1 aromatic rings. The van der Waals surface area contributed by atoms with E-state index in [-0.39, 0.29) is 12.0 Å². The zero-order valence-corrected chi connectivity index (χ0v) is 15.2. The van der Waals surface area contributed by atoms with Crippen molar-refractivity contribution in [1.82, 2.24) is 4.90 Å². The average Bonchev–Trinajstić information content (AvgIpc) is 2.95. The van der Waals surface area contributed by atoms with Crippen LogP contribution in [0.1, 0.15) is 39.2 Å². The Kier molecular flexibility index (Phi) is 6.31. The van der Waals surface area contributed by atoms with Gasteiger partial charge in [0.05, 0.1) is 22.3 Å². The van der Waals surface area contributed by atoms with Crippen molar-refractivity contribution in [1.29, 1.82) is 0 Å². The first-order chi connectivity index (χ1) is 10.9. The van der Waals surface area contributed by atoms with Crippen molar-refractivity contribution in [3.8, 4) is 0 Å². The highest BCUT2D eigenvalue weighted by Crippen LogP contribution is 2.25. The molecule has 0 radical (unpaired) electrons. The second kappa shape index (κ2) is 8.02. The summed E-state index contributed by atoms with van der Waals surface area (Å²) in [6.45, 7) is 7.30. The fraction of sp³-hybridized carbons (Fsp3) is 0.529. The Hall–Kier alpha value is -1.26. The molecule has 1 atom stereocenters. The molecule has 23 heavy (non-hydrogen) atoms. The number of carbonyl (C=O) groups is 1. The summed E-state index contributed by atoms with van der Waals surface area (Å²) in [5.74, 6) is 0.512. The molecular weight excluding hydrogens is 335 g/mol. The van der Waals surface area contributed by atoms with Gasteiger partial charge in [0.15, 0.2) is 6.10 Å². The molecule has 2 rings (SSSR count). The normalized spacial score (nSPS) is 17.1. The number of hydrogen-bond acceptors (Lipinski definition) is 3. The minimum absolute atomic E-state index is 0.115. The van der Waals surface area contributed by atoms with Crippen LogP contribution in [0.4, 0.5) is 0 Å². The van der Waals surface area contributed by atoms with E-state index in [1.165, 1.54) is 0 Å². The summed E-state index contributed by atoms with van der Waals surface area (Å²) >= 11 is 12.0. The van der Waals surface area contributed by atoms with Crippen LogP contribution in [0.15, 0.2) is 23.4 Å². The van der Waals surface area contributed by atoms with E-state index in [0.717, 1.165) is 11.3 Å². The topological polar surface area (TPSA) is 41.9 Å². The van der Waals surface area contributed by atoms with Gasteiger partial charge in [-0.05, 0) is 25.0 Å². The molecule has 6 heteroatoms. The average molecular weight is 357 g/mol. The van der Waals surface area contributed by atoms with Crippen LogP contribution < -0.4 is 0 Å². The fourth-order valence-corrected chi connectivity index (χ4v) is 2.80. The van der Waals surface area contributed by atoms with Gasteiger partial charge in [-0.25, -0.2) is 0 Å². The summed E-state index contributed by atoms with van der Waals surface area (Å²) in [5.41, 5.74) is 1.74. The molecule has 0 fully saturated rings. The van der Waals surface area contributed by atoms with E-state index in [2.05, 4.69) is 5.16 Å². The summed E-state index contributed by atoms with van der Waals surface area (Å²) in [4.78, 5) is 19.5. The zero-order chi connectivity index (χ0) is 17.0. The second-order valence-corrected chi connectivity index (χ2v) is 6.94. The van der Waals surface area contributed by atoms with Crippen molar-refractivity contribution < 1.29 is 9.63 Å². The highest BCUT2D eigenvalue weighted by atomic mass is 35.5. The van der Waals surface area contributed by atoms with Crippen LogP contribution in [0, 0.1) is 5.92 Å². The SMILES string of the molecule is CCN(C[C@H]1CC(c2ccc(Cl)c(Cl)c2)=NO1)C(=O)CC(C)C. The first kappa shape index (κ1) is 18.1. The maximum absolute atomic E-state index is 12.2. The zero-order valence-electron chi connectivity index (χ0n) is 13.7. The molecule has 0 saturated heterocycles. The van der Waals surface area contributed by atoms with Gasteiger partial charge in [0.25, 0.3) is 0 Å². The first-order valence-corrected chi connectivity index (χ1v) is 8.62. The summed E-state index contributed by atoms with van der Waals surface area (Å²) in [6.07, 6.45) is 1.10. The lowest BCUT2D eigenvalue weighted by Gasteiger charge is -2.24. The molecule has 1 aliphatic rings. The summed E-state index contributed by atoms with van der Waals surface area (Å²) < 4.78 is 0. The number of likely N-dealkylation sites (N-methyl/N-ethyl adjacent to an activating group) is 1. The third kappa shape index (κ3) is 4.85. The van der Waals surface area contributed by atoms with Crippen LogP contribution in [0.3, 0.4) is 0 Å². The molecule has 1 amide bonds. The molecule has 0 unspecified atom stereocenters. The summed E-state index contributed by atoms with van der Waals surface area (Å²) in [5, 5.41) is 5.16. The monoisotopic (exact) mass is 356 g/mol. The van der Waals surface area contributed by atoms with E-state index in [9.17, 15) is 4.79 Å². The van der Waals surface area contributed by atoms with Gasteiger partial charge in [0.2, 0.25) is 5.91 Å². The van der Waals surface area contributed by atoms with E-state index >= 15 is 0 Å². The number of oxime groups is 1. The van der Waals surface area contributed by atoms with Gasteiger partial charge in [-0.1, -0.05) is 48.3 Å². The lowest BCUT2D eigenvalue weighted by atomic mass is 10.0. The van der Waals surface area contributed by atoms with Gasteiger partial charge in [-0.2, -0.15) is 0 Å². The fourth-order valence-electron chi connectivity index (χ4n) is 2.50. The number of carbonyl (C=O) groups excluding carboxylic acids is 1. The third-order valence-corrected chi connectivity index (χ3v) is 4.47. The van der Waals surface area contributed by atoms with Crippen LogP contribution >= 0.6 is 23.2 Å². The van der Waals surface area contributed by atoms with Crippen LogP contribution in [-0.4, -0.2) is 35.7 Å². The van der Waals surface area contributed by atoms with E-state index in [4.69, 9.17) is 28.0 Å². The van der Waals surface area contributed by atoms with Crippen LogP contribution in [0.25, 0.3) is 0 Å². The van der Waals surface area contributed by atoms with Gasteiger partial charge < -0.3 is 9.74 Å². The van der Waals surface area contributed by atoms with Crippen molar-refractivity contribution >= 4 is 34.8 Å². The van der Waals surface area contributed by atoms with E-state index in [1.54, 1.807) is 12.1 Å². The Labute approximate surface area is 147 Å². The molecule has 126 valence electrons. The van der Waals surface area contributed by atoms with Crippen LogP contribution in [-0.2, 0) is 9.63 Å². The van der Waals surface area contributed by atoms with Gasteiger partial charge in [0, 0.05) is 24.9 Å². The lowest BCUT2D eigenvalue weighted by Crippen LogP contribution is -2.38. The smallest absolute Gasteiger partial charge is 0.222 e. The number of benzene rings is 1. The molecule has 0 aromatic heterocycles. The van der Waals surface area contributed by atoms with Gasteiger partial charge in [0.1, 0.15) is 0 Å². The van der Waals surface area contributed by atoms with E-state index < -0.39 is 0 Å². The number of nitrogens with zero attached hydrogens (tertiary/aromatic N) is 2. The maximum atomic E-state index is 12.2. The molecule has 0 N–H and O–H groups in total. The predicted octanol–water partition coefficient (Wildman–Crippen LogP) is 4.38.